The monoisotopic (exact) mass is 381 g/mol. The summed E-state index contributed by atoms with van der Waals surface area (Å²) in [7, 11) is 0. The summed E-state index contributed by atoms with van der Waals surface area (Å²) in [5.41, 5.74) is 1.36. The SMILES string of the molecule is CCOC1=NN(c2ccc([N+](=O)[O-])cc2)C(=O)/C1=C/c1ccccc1OCC. The Morgan fingerprint density at radius 2 is 1.75 bits per heavy atom. The molecule has 2 aromatic rings. The second-order valence-corrected chi connectivity index (χ2v) is 5.76. The lowest BCUT2D eigenvalue weighted by Crippen LogP contribution is -2.21. The van der Waals surface area contributed by atoms with Crippen LogP contribution >= 0.6 is 0 Å². The van der Waals surface area contributed by atoms with Crippen LogP contribution in [0.2, 0.25) is 0 Å². The Labute approximate surface area is 161 Å². The molecule has 0 saturated carbocycles. The molecule has 1 aliphatic heterocycles. The third-order valence-corrected chi connectivity index (χ3v) is 3.95. The zero-order valence-electron chi connectivity index (χ0n) is 15.5. The van der Waals surface area contributed by atoms with E-state index < -0.39 is 4.92 Å². The van der Waals surface area contributed by atoms with E-state index in [1.807, 2.05) is 31.2 Å². The molecule has 0 aromatic heterocycles. The van der Waals surface area contributed by atoms with Crippen molar-refractivity contribution in [1.82, 2.24) is 0 Å². The van der Waals surface area contributed by atoms with Gasteiger partial charge in [0.2, 0.25) is 5.90 Å². The van der Waals surface area contributed by atoms with Crippen molar-refractivity contribution in [3.63, 3.8) is 0 Å². The van der Waals surface area contributed by atoms with E-state index in [0.29, 0.717) is 24.7 Å². The molecular formula is C20H19N3O5. The number of hydrazone groups is 1. The van der Waals surface area contributed by atoms with E-state index in [-0.39, 0.29) is 23.1 Å². The molecule has 8 heteroatoms. The molecule has 0 unspecified atom stereocenters. The Morgan fingerprint density at radius 1 is 1.07 bits per heavy atom. The molecule has 0 radical (unpaired) electrons. The van der Waals surface area contributed by atoms with Gasteiger partial charge < -0.3 is 9.47 Å². The number of non-ortho nitro benzene ring substituents is 1. The maximum Gasteiger partial charge on any atom is 0.284 e. The first kappa shape index (κ1) is 19.1. The average Bonchev–Trinajstić information content (AvgIpc) is 3.00. The lowest BCUT2D eigenvalue weighted by molar-refractivity contribution is -0.384. The topological polar surface area (TPSA) is 94.3 Å². The first-order valence-corrected chi connectivity index (χ1v) is 8.79. The van der Waals surface area contributed by atoms with Crippen LogP contribution in [0.3, 0.4) is 0 Å². The molecule has 0 aliphatic carbocycles. The molecular weight excluding hydrogens is 362 g/mol. The predicted molar refractivity (Wildman–Crippen MR) is 105 cm³/mol. The summed E-state index contributed by atoms with van der Waals surface area (Å²) in [5, 5.41) is 16.3. The Bertz CT molecular complexity index is 951. The normalized spacial score (nSPS) is 14.9. The van der Waals surface area contributed by atoms with Gasteiger partial charge in [0, 0.05) is 17.7 Å². The van der Waals surface area contributed by atoms with Gasteiger partial charge in [-0.2, -0.15) is 5.01 Å². The van der Waals surface area contributed by atoms with Gasteiger partial charge in [0.15, 0.2) is 0 Å². The fraction of sp³-hybridized carbons (Fsp3) is 0.200. The minimum atomic E-state index is -0.500. The molecule has 0 bridgehead atoms. The van der Waals surface area contributed by atoms with Crippen molar-refractivity contribution < 1.29 is 19.2 Å². The van der Waals surface area contributed by atoms with Gasteiger partial charge >= 0.3 is 0 Å². The Hall–Kier alpha value is -3.68. The van der Waals surface area contributed by atoms with Crippen LogP contribution in [0.1, 0.15) is 19.4 Å². The maximum absolute atomic E-state index is 13.0. The largest absolute Gasteiger partial charge is 0.493 e. The Morgan fingerprint density at radius 3 is 2.39 bits per heavy atom. The number of nitro benzene ring substituents is 1. The van der Waals surface area contributed by atoms with Crippen molar-refractivity contribution in [3.8, 4) is 5.75 Å². The van der Waals surface area contributed by atoms with Gasteiger partial charge in [0.1, 0.15) is 11.3 Å². The van der Waals surface area contributed by atoms with E-state index in [4.69, 9.17) is 9.47 Å². The minimum Gasteiger partial charge on any atom is -0.493 e. The molecule has 2 aromatic carbocycles. The number of anilines is 1. The summed E-state index contributed by atoms with van der Waals surface area (Å²) in [4.78, 5) is 23.3. The molecule has 0 saturated heterocycles. The van der Waals surface area contributed by atoms with Crippen molar-refractivity contribution in [2.45, 2.75) is 13.8 Å². The first-order chi connectivity index (χ1) is 13.5. The number of para-hydroxylation sites is 1. The molecule has 1 amide bonds. The second kappa shape index (κ2) is 8.34. The van der Waals surface area contributed by atoms with Crippen LogP contribution in [0.15, 0.2) is 59.2 Å². The van der Waals surface area contributed by atoms with E-state index in [2.05, 4.69) is 5.10 Å². The Balaban J connectivity index is 1.98. The van der Waals surface area contributed by atoms with Crippen LogP contribution in [0.4, 0.5) is 11.4 Å². The standard InChI is InChI=1S/C20H19N3O5/c1-3-27-18-8-6-5-7-14(18)13-17-19(28-4-2)21-22(20(17)24)15-9-11-16(12-10-15)23(25)26/h5-13H,3-4H2,1-2H3/b17-13+. The smallest absolute Gasteiger partial charge is 0.284 e. The van der Waals surface area contributed by atoms with Gasteiger partial charge in [-0.15, -0.1) is 5.10 Å². The molecule has 1 aliphatic rings. The van der Waals surface area contributed by atoms with E-state index in [0.717, 1.165) is 5.56 Å². The van der Waals surface area contributed by atoms with Crippen LogP contribution in [-0.2, 0) is 9.53 Å². The second-order valence-electron chi connectivity index (χ2n) is 5.76. The number of rotatable bonds is 6. The molecule has 8 nitrogen and oxygen atoms in total. The van der Waals surface area contributed by atoms with Crippen LogP contribution in [-0.4, -0.2) is 29.9 Å². The number of hydrogen-bond donors (Lipinski definition) is 0. The summed E-state index contributed by atoms with van der Waals surface area (Å²) in [6.45, 7) is 4.52. The molecule has 3 rings (SSSR count). The summed E-state index contributed by atoms with van der Waals surface area (Å²) < 4.78 is 11.2. The van der Waals surface area contributed by atoms with Gasteiger partial charge in [-0.05, 0) is 38.1 Å². The number of benzene rings is 2. The highest BCUT2D eigenvalue weighted by atomic mass is 16.6. The fourth-order valence-corrected chi connectivity index (χ4v) is 2.70. The van der Waals surface area contributed by atoms with Crippen molar-refractivity contribution >= 4 is 29.3 Å². The van der Waals surface area contributed by atoms with Crippen molar-refractivity contribution in [1.29, 1.82) is 0 Å². The number of nitro groups is 1. The highest BCUT2D eigenvalue weighted by Crippen LogP contribution is 2.29. The summed E-state index contributed by atoms with van der Waals surface area (Å²) in [6.07, 6.45) is 1.67. The summed E-state index contributed by atoms with van der Waals surface area (Å²) >= 11 is 0. The average molecular weight is 381 g/mol. The predicted octanol–water partition coefficient (Wildman–Crippen LogP) is 3.77. The van der Waals surface area contributed by atoms with Crippen molar-refractivity contribution in [2.75, 3.05) is 18.2 Å². The Kier molecular flexibility index (Phi) is 5.69. The quantitative estimate of drug-likeness (QED) is 0.431. The minimum absolute atomic E-state index is 0.0641. The van der Waals surface area contributed by atoms with Crippen molar-refractivity contribution in [3.05, 3.63) is 69.8 Å². The number of amides is 1. The highest BCUT2D eigenvalue weighted by molar-refractivity contribution is 6.30. The lowest BCUT2D eigenvalue weighted by atomic mass is 10.1. The van der Waals surface area contributed by atoms with Crippen LogP contribution in [0.25, 0.3) is 6.08 Å². The maximum atomic E-state index is 13.0. The first-order valence-electron chi connectivity index (χ1n) is 8.79. The molecule has 0 atom stereocenters. The molecule has 28 heavy (non-hydrogen) atoms. The number of carbonyl (C=O) groups excluding carboxylic acids is 1. The van der Waals surface area contributed by atoms with E-state index in [9.17, 15) is 14.9 Å². The van der Waals surface area contributed by atoms with E-state index in [1.54, 1.807) is 13.0 Å². The number of hydrogen-bond acceptors (Lipinski definition) is 6. The molecule has 0 spiro atoms. The third-order valence-electron chi connectivity index (χ3n) is 3.95. The van der Waals surface area contributed by atoms with Crippen LogP contribution in [0, 0.1) is 10.1 Å². The van der Waals surface area contributed by atoms with Gasteiger partial charge in [-0.3, -0.25) is 14.9 Å². The number of ether oxygens (including phenoxy) is 2. The van der Waals surface area contributed by atoms with Gasteiger partial charge in [-0.1, -0.05) is 18.2 Å². The molecule has 0 fully saturated rings. The van der Waals surface area contributed by atoms with Crippen LogP contribution < -0.4 is 9.75 Å². The van der Waals surface area contributed by atoms with Gasteiger partial charge in [0.25, 0.3) is 11.6 Å². The van der Waals surface area contributed by atoms with E-state index >= 15 is 0 Å². The molecule has 144 valence electrons. The fourth-order valence-electron chi connectivity index (χ4n) is 2.70. The summed E-state index contributed by atoms with van der Waals surface area (Å²) in [6, 6.07) is 12.9. The zero-order chi connectivity index (χ0) is 20.1. The summed E-state index contributed by atoms with van der Waals surface area (Å²) in [5.74, 6) is 0.454. The third kappa shape index (κ3) is 3.85. The van der Waals surface area contributed by atoms with Crippen molar-refractivity contribution in [2.24, 2.45) is 5.10 Å². The molecule has 1 heterocycles. The van der Waals surface area contributed by atoms with Gasteiger partial charge in [0.05, 0.1) is 23.8 Å². The molecule has 0 N–H and O–H groups in total. The lowest BCUT2D eigenvalue weighted by Gasteiger charge is -2.11. The van der Waals surface area contributed by atoms with Gasteiger partial charge in [-0.25, -0.2) is 0 Å². The number of carbonyl (C=O) groups is 1. The number of nitrogens with zero attached hydrogens (tertiary/aromatic N) is 3. The zero-order valence-corrected chi connectivity index (χ0v) is 15.5. The van der Waals surface area contributed by atoms with E-state index in [1.165, 1.54) is 29.3 Å². The highest BCUT2D eigenvalue weighted by Gasteiger charge is 2.33. The van der Waals surface area contributed by atoms with Crippen LogP contribution in [0.5, 0.6) is 5.75 Å².